The lowest BCUT2D eigenvalue weighted by atomic mass is 10.5. The first kappa shape index (κ1) is 3.84. The summed E-state index contributed by atoms with van der Waals surface area (Å²) in [6.45, 7) is 1.96. The highest BCUT2D eigenvalue weighted by Gasteiger charge is 2.15. The molecule has 34 valence electrons. The van der Waals surface area contributed by atoms with E-state index in [1.807, 2.05) is 19.1 Å². The van der Waals surface area contributed by atoms with Crippen LogP contribution in [-0.2, 0) is 4.84 Å². The normalized spacial score (nSPS) is 31.8. The molecule has 0 aromatic carbocycles. The minimum Gasteiger partial charge on any atom is -0.274 e. The van der Waals surface area contributed by atoms with E-state index < -0.39 is 0 Å². The minimum atomic E-state index is 0.218. The van der Waals surface area contributed by atoms with Gasteiger partial charge in [0.1, 0.15) is 0 Å². The Labute approximate surface area is 36.8 Å². The molecule has 1 N–H and O–H groups in total. The van der Waals surface area contributed by atoms with Crippen LogP contribution in [0.4, 0.5) is 0 Å². The van der Waals surface area contributed by atoms with Crippen LogP contribution in [0.25, 0.3) is 0 Å². The molecule has 0 spiro atoms. The number of allylic oxidation sites excluding steroid dienone is 1. The Morgan fingerprint density at radius 3 is 2.67 bits per heavy atom. The molecule has 1 fully saturated rings. The summed E-state index contributed by atoms with van der Waals surface area (Å²) in [5.41, 5.74) is 2.65. The Balaban J connectivity index is 2.15. The van der Waals surface area contributed by atoms with Crippen molar-refractivity contribution in [2.24, 2.45) is 0 Å². The van der Waals surface area contributed by atoms with Crippen LogP contribution in [0.15, 0.2) is 12.2 Å². The van der Waals surface area contributed by atoms with Crippen LogP contribution in [0.5, 0.6) is 0 Å². The van der Waals surface area contributed by atoms with Gasteiger partial charge in [-0.05, 0) is 13.0 Å². The fourth-order valence-electron chi connectivity index (χ4n) is 0.293. The smallest absolute Gasteiger partial charge is 0.170 e. The monoisotopic (exact) mass is 85.1 g/mol. The van der Waals surface area contributed by atoms with Crippen LogP contribution in [0.3, 0.4) is 0 Å². The van der Waals surface area contributed by atoms with E-state index in [9.17, 15) is 0 Å². The van der Waals surface area contributed by atoms with Gasteiger partial charge < -0.3 is 0 Å². The van der Waals surface area contributed by atoms with Crippen LogP contribution < -0.4 is 5.48 Å². The summed E-state index contributed by atoms with van der Waals surface area (Å²) in [4.78, 5) is 4.61. The maximum Gasteiger partial charge on any atom is 0.170 e. The molecule has 1 heterocycles. The second-order valence-electron chi connectivity index (χ2n) is 1.18. The molecule has 1 aliphatic rings. The summed E-state index contributed by atoms with van der Waals surface area (Å²) in [7, 11) is 0. The van der Waals surface area contributed by atoms with Crippen molar-refractivity contribution in [3.8, 4) is 0 Å². The summed E-state index contributed by atoms with van der Waals surface area (Å²) < 4.78 is 0. The lowest BCUT2D eigenvalue weighted by Gasteiger charge is -1.63. The zero-order valence-corrected chi connectivity index (χ0v) is 3.64. The quantitative estimate of drug-likeness (QED) is 0.370. The van der Waals surface area contributed by atoms with Crippen molar-refractivity contribution >= 4 is 0 Å². The van der Waals surface area contributed by atoms with E-state index in [0.717, 1.165) is 0 Å². The van der Waals surface area contributed by atoms with Gasteiger partial charge in [0.2, 0.25) is 0 Å². The molecule has 0 bridgehead atoms. The molecule has 0 saturated carbocycles. The fourth-order valence-corrected chi connectivity index (χ4v) is 0.293. The van der Waals surface area contributed by atoms with E-state index in [0.29, 0.717) is 0 Å². The van der Waals surface area contributed by atoms with E-state index in [2.05, 4.69) is 10.3 Å². The van der Waals surface area contributed by atoms with Crippen molar-refractivity contribution in [1.29, 1.82) is 0 Å². The Bertz CT molecular complexity index is 65.9. The second-order valence-corrected chi connectivity index (χ2v) is 1.18. The Hall–Kier alpha value is -0.340. The van der Waals surface area contributed by atoms with E-state index in [1.165, 1.54) is 0 Å². The first-order chi connectivity index (χ1) is 2.93. The predicted octanol–water partition coefficient (Wildman–Crippen LogP) is 0.423. The molecule has 1 rings (SSSR count). The van der Waals surface area contributed by atoms with Gasteiger partial charge in [-0.1, -0.05) is 6.08 Å². The largest absolute Gasteiger partial charge is 0.274 e. The highest BCUT2D eigenvalue weighted by molar-refractivity contribution is 4.87. The Morgan fingerprint density at radius 1 is 1.83 bits per heavy atom. The third-order valence-electron chi connectivity index (χ3n) is 0.621. The van der Waals surface area contributed by atoms with Gasteiger partial charge in [0.15, 0.2) is 6.23 Å². The molecular formula is C4H7NO. The topological polar surface area (TPSA) is 34.5 Å². The SMILES string of the molecule is C/C=C/[C@H]1NO1. The van der Waals surface area contributed by atoms with Gasteiger partial charge in [-0.15, -0.1) is 0 Å². The summed E-state index contributed by atoms with van der Waals surface area (Å²) >= 11 is 0. The molecule has 6 heavy (non-hydrogen) atoms. The molecule has 1 aliphatic heterocycles. The van der Waals surface area contributed by atoms with Gasteiger partial charge >= 0.3 is 0 Å². The molecular weight excluding hydrogens is 78.0 g/mol. The molecule has 0 amide bonds. The van der Waals surface area contributed by atoms with Gasteiger partial charge in [-0.3, -0.25) is 4.84 Å². The number of nitrogens with one attached hydrogen (secondary N) is 1. The second kappa shape index (κ2) is 1.41. The molecule has 0 aromatic rings. The van der Waals surface area contributed by atoms with Gasteiger partial charge in [0, 0.05) is 0 Å². The Kier molecular flexibility index (Phi) is 0.900. The molecule has 0 radical (unpaired) electrons. The molecule has 1 saturated heterocycles. The number of hydroxylamine groups is 1. The van der Waals surface area contributed by atoms with Crippen molar-refractivity contribution in [3.05, 3.63) is 12.2 Å². The molecule has 2 heteroatoms. The predicted molar refractivity (Wildman–Crippen MR) is 22.8 cm³/mol. The average Bonchev–Trinajstić information content (AvgIpc) is 2.21. The zero-order valence-electron chi connectivity index (χ0n) is 3.64. The van der Waals surface area contributed by atoms with Gasteiger partial charge in [-0.25, -0.2) is 0 Å². The van der Waals surface area contributed by atoms with Crippen LogP contribution in [0, 0.1) is 0 Å². The van der Waals surface area contributed by atoms with Crippen LogP contribution in [-0.4, -0.2) is 6.23 Å². The molecule has 0 aliphatic carbocycles. The third kappa shape index (κ3) is 0.808. The Morgan fingerprint density at radius 2 is 2.50 bits per heavy atom. The standard InChI is InChI=1S/C4H7NO/c1-2-3-4-5-6-4/h2-5H,1H3/b3-2+/t4-/m0/s1. The summed E-state index contributed by atoms with van der Waals surface area (Å²) in [5, 5.41) is 0. The number of hydrogen-bond acceptors (Lipinski definition) is 2. The van der Waals surface area contributed by atoms with Crippen molar-refractivity contribution in [2.45, 2.75) is 13.2 Å². The van der Waals surface area contributed by atoms with Gasteiger partial charge in [0.05, 0.1) is 0 Å². The summed E-state index contributed by atoms with van der Waals surface area (Å²) in [5.74, 6) is 0. The average molecular weight is 85.1 g/mol. The highest BCUT2D eigenvalue weighted by Crippen LogP contribution is 1.98. The summed E-state index contributed by atoms with van der Waals surface area (Å²) in [6.07, 6.45) is 4.11. The molecule has 1 atom stereocenters. The highest BCUT2D eigenvalue weighted by atomic mass is 16.8. The van der Waals surface area contributed by atoms with E-state index in [4.69, 9.17) is 0 Å². The van der Waals surface area contributed by atoms with Crippen LogP contribution >= 0.6 is 0 Å². The van der Waals surface area contributed by atoms with Crippen molar-refractivity contribution in [2.75, 3.05) is 0 Å². The zero-order chi connectivity index (χ0) is 4.41. The van der Waals surface area contributed by atoms with E-state index in [-0.39, 0.29) is 6.23 Å². The summed E-state index contributed by atoms with van der Waals surface area (Å²) in [6, 6.07) is 0. The van der Waals surface area contributed by atoms with Crippen molar-refractivity contribution < 1.29 is 4.84 Å². The lowest BCUT2D eigenvalue weighted by Crippen LogP contribution is -1.78. The third-order valence-corrected chi connectivity index (χ3v) is 0.621. The fraction of sp³-hybridized carbons (Fsp3) is 0.500. The lowest BCUT2D eigenvalue weighted by molar-refractivity contribution is 0.390. The number of rotatable bonds is 1. The van der Waals surface area contributed by atoms with Crippen LogP contribution in [0.1, 0.15) is 6.92 Å². The van der Waals surface area contributed by atoms with E-state index in [1.54, 1.807) is 0 Å². The first-order valence-electron chi connectivity index (χ1n) is 1.97. The number of hydrogen-bond donors (Lipinski definition) is 1. The van der Waals surface area contributed by atoms with Gasteiger partial charge in [-0.2, -0.15) is 5.48 Å². The minimum absolute atomic E-state index is 0.218. The van der Waals surface area contributed by atoms with Gasteiger partial charge in [0.25, 0.3) is 0 Å². The maximum atomic E-state index is 4.61. The van der Waals surface area contributed by atoms with Crippen LogP contribution in [0.2, 0.25) is 0 Å². The van der Waals surface area contributed by atoms with Crippen molar-refractivity contribution in [3.63, 3.8) is 0 Å². The molecule has 0 unspecified atom stereocenters. The first-order valence-corrected chi connectivity index (χ1v) is 1.97. The molecule has 0 aromatic heterocycles. The van der Waals surface area contributed by atoms with E-state index >= 15 is 0 Å². The molecule has 2 nitrogen and oxygen atoms in total. The van der Waals surface area contributed by atoms with Crippen molar-refractivity contribution in [1.82, 2.24) is 5.48 Å². The maximum absolute atomic E-state index is 4.61.